The molecular formula is C24H25ClN2O3S. The van der Waals surface area contributed by atoms with Crippen LogP contribution in [-0.2, 0) is 10.0 Å². The average molecular weight is 457 g/mol. The summed E-state index contributed by atoms with van der Waals surface area (Å²) in [6.45, 7) is 2.04. The van der Waals surface area contributed by atoms with Gasteiger partial charge in [-0.3, -0.25) is 4.90 Å². The Morgan fingerprint density at radius 2 is 1.39 bits per heavy atom. The predicted octanol–water partition coefficient (Wildman–Crippen LogP) is 4.44. The van der Waals surface area contributed by atoms with E-state index in [0.717, 1.165) is 0 Å². The maximum atomic E-state index is 13.3. The fourth-order valence-corrected chi connectivity index (χ4v) is 5.92. The fraction of sp³-hybridized carbons (Fsp3) is 0.250. The number of piperazine rings is 1. The Labute approximate surface area is 188 Å². The van der Waals surface area contributed by atoms with Crippen molar-refractivity contribution in [3.63, 3.8) is 0 Å². The Morgan fingerprint density at radius 3 is 1.90 bits per heavy atom. The van der Waals surface area contributed by atoms with Crippen molar-refractivity contribution in [2.75, 3.05) is 33.3 Å². The van der Waals surface area contributed by atoms with E-state index in [-0.39, 0.29) is 10.9 Å². The summed E-state index contributed by atoms with van der Waals surface area (Å²) in [5.41, 5.74) is 2.39. The minimum atomic E-state index is -3.71. The molecule has 1 heterocycles. The summed E-state index contributed by atoms with van der Waals surface area (Å²) in [4.78, 5) is 2.45. The van der Waals surface area contributed by atoms with Crippen LogP contribution in [0.1, 0.15) is 17.2 Å². The SMILES string of the molecule is COc1ccc(Cl)cc1S(=O)(=O)N1CCN(C(c2ccccc2)c2ccccc2)CC1. The van der Waals surface area contributed by atoms with Crippen molar-refractivity contribution in [3.8, 4) is 5.75 Å². The fourth-order valence-electron chi connectivity index (χ4n) is 4.08. The lowest BCUT2D eigenvalue weighted by Crippen LogP contribution is -2.49. The molecule has 0 N–H and O–H groups in total. The van der Waals surface area contributed by atoms with Crippen LogP contribution >= 0.6 is 11.6 Å². The highest BCUT2D eigenvalue weighted by Crippen LogP contribution is 2.33. The molecule has 3 aromatic carbocycles. The molecule has 0 aromatic heterocycles. The van der Waals surface area contributed by atoms with Gasteiger partial charge in [0.15, 0.2) is 0 Å². The smallest absolute Gasteiger partial charge is 0.246 e. The molecule has 7 heteroatoms. The van der Waals surface area contributed by atoms with Gasteiger partial charge in [-0.15, -0.1) is 0 Å². The summed E-state index contributed by atoms with van der Waals surface area (Å²) >= 11 is 6.07. The van der Waals surface area contributed by atoms with Crippen LogP contribution in [0.15, 0.2) is 83.8 Å². The molecule has 5 nitrogen and oxygen atoms in total. The van der Waals surface area contributed by atoms with Gasteiger partial charge in [0.1, 0.15) is 10.6 Å². The zero-order valence-electron chi connectivity index (χ0n) is 17.3. The second-order valence-electron chi connectivity index (χ2n) is 7.46. The molecule has 0 atom stereocenters. The first-order valence-corrected chi connectivity index (χ1v) is 12.0. The van der Waals surface area contributed by atoms with Gasteiger partial charge in [-0.1, -0.05) is 72.3 Å². The number of methoxy groups -OCH3 is 1. The van der Waals surface area contributed by atoms with Crippen molar-refractivity contribution in [1.29, 1.82) is 0 Å². The molecule has 3 aromatic rings. The van der Waals surface area contributed by atoms with Crippen LogP contribution < -0.4 is 4.74 Å². The Morgan fingerprint density at radius 1 is 0.839 bits per heavy atom. The maximum Gasteiger partial charge on any atom is 0.246 e. The van der Waals surface area contributed by atoms with E-state index >= 15 is 0 Å². The van der Waals surface area contributed by atoms with Crippen molar-refractivity contribution in [3.05, 3.63) is 95.0 Å². The zero-order valence-corrected chi connectivity index (χ0v) is 18.9. The summed E-state index contributed by atoms with van der Waals surface area (Å²) in [5, 5.41) is 0.367. The molecule has 162 valence electrons. The van der Waals surface area contributed by atoms with Gasteiger partial charge in [-0.2, -0.15) is 4.31 Å². The number of ether oxygens (including phenoxy) is 1. The van der Waals surface area contributed by atoms with E-state index in [4.69, 9.17) is 16.3 Å². The molecule has 1 aliphatic rings. The molecule has 0 amide bonds. The Balaban J connectivity index is 1.58. The Hall–Kier alpha value is -2.38. The van der Waals surface area contributed by atoms with Crippen molar-refractivity contribution in [1.82, 2.24) is 9.21 Å². The Bertz CT molecular complexity index is 1080. The van der Waals surface area contributed by atoms with Crippen molar-refractivity contribution in [2.45, 2.75) is 10.9 Å². The van der Waals surface area contributed by atoms with Crippen LogP contribution in [-0.4, -0.2) is 50.9 Å². The highest BCUT2D eigenvalue weighted by molar-refractivity contribution is 7.89. The van der Waals surface area contributed by atoms with Gasteiger partial charge in [-0.05, 0) is 29.3 Å². The number of halogens is 1. The summed E-state index contributed by atoms with van der Waals surface area (Å²) in [6, 6.07) is 25.4. The highest BCUT2D eigenvalue weighted by atomic mass is 35.5. The number of rotatable bonds is 6. The van der Waals surface area contributed by atoms with E-state index < -0.39 is 10.0 Å². The Kier molecular flexibility index (Phi) is 6.62. The standard InChI is InChI=1S/C24H25ClN2O3S/c1-30-22-13-12-21(25)18-23(22)31(28,29)27-16-14-26(15-17-27)24(19-8-4-2-5-9-19)20-10-6-3-7-11-20/h2-13,18,24H,14-17H2,1H3. The van der Waals surface area contributed by atoms with E-state index in [1.165, 1.54) is 28.6 Å². The largest absolute Gasteiger partial charge is 0.495 e. The molecule has 0 saturated carbocycles. The molecular weight excluding hydrogens is 432 g/mol. The van der Waals surface area contributed by atoms with Crippen molar-refractivity contribution >= 4 is 21.6 Å². The lowest BCUT2D eigenvalue weighted by atomic mass is 9.96. The number of hydrogen-bond donors (Lipinski definition) is 0. The van der Waals surface area contributed by atoms with Gasteiger partial charge in [0.25, 0.3) is 0 Å². The third-order valence-corrected chi connectivity index (χ3v) is 7.77. The van der Waals surface area contributed by atoms with Crippen molar-refractivity contribution < 1.29 is 13.2 Å². The summed E-state index contributed by atoms with van der Waals surface area (Å²) < 4.78 is 33.4. The van der Waals surface area contributed by atoms with E-state index in [1.54, 1.807) is 12.1 Å². The summed E-state index contributed by atoms with van der Waals surface area (Å²) in [7, 11) is -2.25. The molecule has 31 heavy (non-hydrogen) atoms. The molecule has 0 aliphatic carbocycles. The topological polar surface area (TPSA) is 49.9 Å². The molecule has 1 saturated heterocycles. The van der Waals surface area contributed by atoms with Gasteiger partial charge in [0.05, 0.1) is 13.2 Å². The predicted molar refractivity (Wildman–Crippen MR) is 123 cm³/mol. The number of sulfonamides is 1. The maximum absolute atomic E-state index is 13.3. The third-order valence-electron chi connectivity index (χ3n) is 5.61. The molecule has 1 fully saturated rings. The lowest BCUT2D eigenvalue weighted by Gasteiger charge is -2.39. The second-order valence-corrected chi connectivity index (χ2v) is 9.80. The first-order valence-electron chi connectivity index (χ1n) is 10.2. The monoisotopic (exact) mass is 456 g/mol. The van der Waals surface area contributed by atoms with Gasteiger partial charge >= 0.3 is 0 Å². The average Bonchev–Trinajstić information content (AvgIpc) is 2.81. The molecule has 0 unspecified atom stereocenters. The minimum Gasteiger partial charge on any atom is -0.495 e. The van der Waals surface area contributed by atoms with E-state index in [2.05, 4.69) is 29.2 Å². The third kappa shape index (κ3) is 4.62. The van der Waals surface area contributed by atoms with Crippen LogP contribution in [0.5, 0.6) is 5.75 Å². The quantitative estimate of drug-likeness (QED) is 0.550. The molecule has 0 radical (unpaired) electrons. The molecule has 4 rings (SSSR count). The van der Waals surface area contributed by atoms with Crippen LogP contribution in [0.25, 0.3) is 0 Å². The van der Waals surface area contributed by atoms with E-state index in [0.29, 0.717) is 37.0 Å². The normalized spacial score (nSPS) is 15.8. The van der Waals surface area contributed by atoms with E-state index in [9.17, 15) is 8.42 Å². The van der Waals surface area contributed by atoms with Gasteiger partial charge in [0.2, 0.25) is 10.0 Å². The van der Waals surface area contributed by atoms with Crippen LogP contribution in [0.4, 0.5) is 0 Å². The van der Waals surface area contributed by atoms with Crippen LogP contribution in [0, 0.1) is 0 Å². The summed E-state index contributed by atoms with van der Waals surface area (Å²) in [5.74, 6) is 0.304. The summed E-state index contributed by atoms with van der Waals surface area (Å²) in [6.07, 6.45) is 0. The number of nitrogens with zero attached hydrogens (tertiary/aromatic N) is 2. The molecule has 0 bridgehead atoms. The van der Waals surface area contributed by atoms with Gasteiger partial charge in [-0.25, -0.2) is 8.42 Å². The van der Waals surface area contributed by atoms with Gasteiger partial charge < -0.3 is 4.74 Å². The van der Waals surface area contributed by atoms with Crippen LogP contribution in [0.3, 0.4) is 0 Å². The highest BCUT2D eigenvalue weighted by Gasteiger charge is 2.33. The van der Waals surface area contributed by atoms with Crippen LogP contribution in [0.2, 0.25) is 5.02 Å². The number of hydrogen-bond acceptors (Lipinski definition) is 4. The van der Waals surface area contributed by atoms with E-state index in [1.807, 2.05) is 36.4 Å². The zero-order chi connectivity index (χ0) is 21.8. The van der Waals surface area contributed by atoms with Gasteiger partial charge in [0, 0.05) is 31.2 Å². The molecule has 1 aliphatic heterocycles. The lowest BCUT2D eigenvalue weighted by molar-refractivity contribution is 0.155. The first-order chi connectivity index (χ1) is 15.0. The molecule has 0 spiro atoms. The number of benzene rings is 3. The van der Waals surface area contributed by atoms with Crippen molar-refractivity contribution in [2.24, 2.45) is 0 Å². The minimum absolute atomic E-state index is 0.0768. The second kappa shape index (κ2) is 9.40. The first kappa shape index (κ1) is 21.8.